The number of rotatable bonds is 8. The fourth-order valence-corrected chi connectivity index (χ4v) is 1.99. The third-order valence-electron chi connectivity index (χ3n) is 3.02. The summed E-state index contributed by atoms with van der Waals surface area (Å²) in [6, 6.07) is 3.55. The van der Waals surface area contributed by atoms with Crippen molar-refractivity contribution in [2.45, 2.75) is 32.9 Å². The fraction of sp³-hybridized carbons (Fsp3) is 0.500. The Morgan fingerprint density at radius 1 is 1.48 bits per heavy atom. The summed E-state index contributed by atoms with van der Waals surface area (Å²) >= 11 is 0. The first-order chi connectivity index (χ1) is 9.85. The molecule has 1 aromatic carbocycles. The zero-order valence-electron chi connectivity index (χ0n) is 12.3. The smallest absolute Gasteiger partial charge is 0.320 e. The molecule has 7 heteroatoms. The number of ether oxygens (including phenoxy) is 1. The standard InChI is InChI=1S/C14H20N2O5/c1-9(2)6-12(14(17)18)15-8-10-7-11(16(19)20)4-5-13(10)21-3/h4-5,7,9,12,15H,6,8H2,1-3H3,(H,17,18). The summed E-state index contributed by atoms with van der Waals surface area (Å²) in [5.74, 6) is -0.222. The van der Waals surface area contributed by atoms with Gasteiger partial charge in [-0.25, -0.2) is 0 Å². The molecule has 21 heavy (non-hydrogen) atoms. The average molecular weight is 296 g/mol. The first-order valence-corrected chi connectivity index (χ1v) is 6.62. The van der Waals surface area contributed by atoms with Crippen molar-refractivity contribution in [1.82, 2.24) is 5.32 Å². The van der Waals surface area contributed by atoms with E-state index < -0.39 is 16.9 Å². The highest BCUT2D eigenvalue weighted by molar-refractivity contribution is 5.73. The second-order valence-electron chi connectivity index (χ2n) is 5.15. The number of nitro benzene ring substituents is 1. The first kappa shape index (κ1) is 16.9. The predicted molar refractivity (Wildman–Crippen MR) is 77.4 cm³/mol. The highest BCUT2D eigenvalue weighted by Gasteiger charge is 2.19. The molecule has 0 bridgehead atoms. The van der Waals surface area contributed by atoms with Crippen LogP contribution in [0.4, 0.5) is 5.69 Å². The van der Waals surface area contributed by atoms with Crippen molar-refractivity contribution in [3.05, 3.63) is 33.9 Å². The van der Waals surface area contributed by atoms with Crippen molar-refractivity contribution >= 4 is 11.7 Å². The molecule has 1 unspecified atom stereocenters. The zero-order chi connectivity index (χ0) is 16.0. The largest absolute Gasteiger partial charge is 0.496 e. The molecule has 0 aromatic heterocycles. The number of nitro groups is 1. The number of aliphatic carboxylic acids is 1. The summed E-state index contributed by atoms with van der Waals surface area (Å²) < 4.78 is 5.14. The summed E-state index contributed by atoms with van der Waals surface area (Å²) in [4.78, 5) is 21.5. The maximum atomic E-state index is 11.2. The molecular weight excluding hydrogens is 276 g/mol. The Morgan fingerprint density at radius 3 is 2.62 bits per heavy atom. The number of benzene rings is 1. The van der Waals surface area contributed by atoms with Crippen molar-refractivity contribution in [2.24, 2.45) is 5.92 Å². The Balaban J connectivity index is 2.87. The third-order valence-corrected chi connectivity index (χ3v) is 3.02. The highest BCUT2D eigenvalue weighted by atomic mass is 16.6. The molecule has 0 aliphatic carbocycles. The number of carboxylic acids is 1. The van der Waals surface area contributed by atoms with Gasteiger partial charge in [-0.05, 0) is 18.4 Å². The molecule has 0 aliphatic heterocycles. The molecule has 0 heterocycles. The molecule has 0 saturated carbocycles. The topological polar surface area (TPSA) is 102 Å². The lowest BCUT2D eigenvalue weighted by Gasteiger charge is -2.17. The van der Waals surface area contributed by atoms with Crippen LogP contribution in [-0.2, 0) is 11.3 Å². The second-order valence-corrected chi connectivity index (χ2v) is 5.15. The molecule has 7 nitrogen and oxygen atoms in total. The minimum Gasteiger partial charge on any atom is -0.496 e. The molecule has 0 radical (unpaired) electrons. The second kappa shape index (κ2) is 7.58. The Labute approximate surface area is 123 Å². The van der Waals surface area contributed by atoms with Crippen LogP contribution in [0.25, 0.3) is 0 Å². The van der Waals surface area contributed by atoms with Gasteiger partial charge in [0, 0.05) is 24.2 Å². The zero-order valence-corrected chi connectivity index (χ0v) is 12.3. The van der Waals surface area contributed by atoms with Gasteiger partial charge in [0.05, 0.1) is 12.0 Å². The molecule has 0 fully saturated rings. The van der Waals surface area contributed by atoms with E-state index in [2.05, 4.69) is 5.32 Å². The van der Waals surface area contributed by atoms with Gasteiger partial charge < -0.3 is 15.2 Å². The van der Waals surface area contributed by atoms with E-state index >= 15 is 0 Å². The van der Waals surface area contributed by atoms with Crippen molar-refractivity contribution in [3.8, 4) is 5.75 Å². The highest BCUT2D eigenvalue weighted by Crippen LogP contribution is 2.24. The van der Waals surface area contributed by atoms with Crippen LogP contribution in [-0.4, -0.2) is 29.2 Å². The van der Waals surface area contributed by atoms with Gasteiger partial charge >= 0.3 is 5.97 Å². The van der Waals surface area contributed by atoms with Crippen molar-refractivity contribution in [3.63, 3.8) is 0 Å². The summed E-state index contributed by atoms with van der Waals surface area (Å²) in [6.45, 7) is 4.06. The molecule has 2 N–H and O–H groups in total. The predicted octanol–water partition coefficient (Wildman–Crippen LogP) is 2.19. The van der Waals surface area contributed by atoms with E-state index in [9.17, 15) is 14.9 Å². The monoisotopic (exact) mass is 296 g/mol. The lowest BCUT2D eigenvalue weighted by Crippen LogP contribution is -2.37. The van der Waals surface area contributed by atoms with Gasteiger partial charge in [0.1, 0.15) is 11.8 Å². The van der Waals surface area contributed by atoms with Crippen LogP contribution in [0.5, 0.6) is 5.75 Å². The molecule has 0 amide bonds. The summed E-state index contributed by atoms with van der Waals surface area (Å²) in [7, 11) is 1.47. The van der Waals surface area contributed by atoms with Crippen molar-refractivity contribution < 1.29 is 19.6 Å². The maximum Gasteiger partial charge on any atom is 0.320 e. The van der Waals surface area contributed by atoms with Crippen LogP contribution in [0.1, 0.15) is 25.8 Å². The minimum atomic E-state index is -0.937. The van der Waals surface area contributed by atoms with Crippen LogP contribution >= 0.6 is 0 Å². The molecule has 1 aromatic rings. The fourth-order valence-electron chi connectivity index (χ4n) is 1.99. The Bertz CT molecular complexity index is 516. The van der Waals surface area contributed by atoms with Crippen LogP contribution in [0, 0.1) is 16.0 Å². The van der Waals surface area contributed by atoms with E-state index in [0.717, 1.165) is 0 Å². The molecule has 0 saturated heterocycles. The van der Waals surface area contributed by atoms with Gasteiger partial charge in [-0.1, -0.05) is 13.8 Å². The van der Waals surface area contributed by atoms with E-state index in [0.29, 0.717) is 17.7 Å². The van der Waals surface area contributed by atoms with E-state index in [1.165, 1.54) is 25.3 Å². The van der Waals surface area contributed by atoms with E-state index in [1.54, 1.807) is 0 Å². The number of methoxy groups -OCH3 is 1. The number of nitrogens with one attached hydrogen (secondary N) is 1. The van der Waals surface area contributed by atoms with Crippen LogP contribution < -0.4 is 10.1 Å². The number of hydrogen-bond acceptors (Lipinski definition) is 5. The molecule has 0 aliphatic rings. The van der Waals surface area contributed by atoms with Crippen LogP contribution in [0.3, 0.4) is 0 Å². The SMILES string of the molecule is COc1ccc([N+](=O)[O-])cc1CNC(CC(C)C)C(=O)O. The number of carboxylic acid groups (broad SMARTS) is 1. The lowest BCUT2D eigenvalue weighted by molar-refractivity contribution is -0.384. The quantitative estimate of drug-likeness (QED) is 0.563. The normalized spacial score (nSPS) is 12.2. The number of nitrogens with zero attached hydrogens (tertiary/aromatic N) is 1. The summed E-state index contributed by atoms with van der Waals surface area (Å²) in [5, 5.41) is 22.9. The molecule has 116 valence electrons. The first-order valence-electron chi connectivity index (χ1n) is 6.62. The summed E-state index contributed by atoms with van der Waals surface area (Å²) in [5.41, 5.74) is 0.505. The average Bonchev–Trinajstić information content (AvgIpc) is 2.42. The Kier molecular flexibility index (Phi) is 6.10. The third kappa shape index (κ3) is 5.03. The van der Waals surface area contributed by atoms with Crippen molar-refractivity contribution in [2.75, 3.05) is 7.11 Å². The van der Waals surface area contributed by atoms with Crippen LogP contribution in [0.2, 0.25) is 0 Å². The Morgan fingerprint density at radius 2 is 2.14 bits per heavy atom. The number of non-ortho nitro benzene ring substituents is 1. The van der Waals surface area contributed by atoms with E-state index in [-0.39, 0.29) is 18.2 Å². The number of carbonyl (C=O) groups is 1. The minimum absolute atomic E-state index is 0.0525. The lowest BCUT2D eigenvalue weighted by atomic mass is 10.0. The molecule has 1 atom stereocenters. The molecular formula is C14H20N2O5. The maximum absolute atomic E-state index is 11.2. The molecule has 1 rings (SSSR count). The molecule has 0 spiro atoms. The van der Waals surface area contributed by atoms with Gasteiger partial charge in [0.2, 0.25) is 0 Å². The summed E-state index contributed by atoms with van der Waals surface area (Å²) in [6.07, 6.45) is 0.479. The van der Waals surface area contributed by atoms with Gasteiger partial charge in [-0.15, -0.1) is 0 Å². The Hall–Kier alpha value is -2.15. The van der Waals surface area contributed by atoms with E-state index in [1.807, 2.05) is 13.8 Å². The van der Waals surface area contributed by atoms with Gasteiger partial charge in [0.25, 0.3) is 5.69 Å². The van der Waals surface area contributed by atoms with E-state index in [4.69, 9.17) is 9.84 Å². The van der Waals surface area contributed by atoms with Gasteiger partial charge in [0.15, 0.2) is 0 Å². The van der Waals surface area contributed by atoms with Gasteiger partial charge in [-0.3, -0.25) is 14.9 Å². The number of hydrogen-bond donors (Lipinski definition) is 2. The van der Waals surface area contributed by atoms with Crippen LogP contribution in [0.15, 0.2) is 18.2 Å². The van der Waals surface area contributed by atoms with Gasteiger partial charge in [-0.2, -0.15) is 0 Å². The van der Waals surface area contributed by atoms with Crippen molar-refractivity contribution in [1.29, 1.82) is 0 Å².